The highest BCUT2D eigenvalue weighted by Gasteiger charge is 2.18. The molecule has 1 amide bonds. The van der Waals surface area contributed by atoms with Gasteiger partial charge in [0.25, 0.3) is 0 Å². The quantitative estimate of drug-likeness (QED) is 0.938. The molecule has 0 saturated heterocycles. The third-order valence-corrected chi connectivity index (χ3v) is 3.82. The summed E-state index contributed by atoms with van der Waals surface area (Å²) in [6, 6.07) is 11.2. The molecule has 21 heavy (non-hydrogen) atoms. The largest absolute Gasteiger partial charge is 0.497 e. The lowest BCUT2D eigenvalue weighted by atomic mass is 9.97. The van der Waals surface area contributed by atoms with E-state index in [-0.39, 0.29) is 0 Å². The van der Waals surface area contributed by atoms with E-state index in [1.54, 1.807) is 14.0 Å². The number of carbonyl (C=O) groups excluding carboxylic acids is 1. The molecule has 0 aliphatic heterocycles. The number of carbonyl (C=O) groups is 1. The molecule has 2 aromatic carbocycles. The van der Waals surface area contributed by atoms with Gasteiger partial charge in [-0.05, 0) is 35.4 Å². The number of methoxy groups -OCH3 is 1. The molecule has 0 aromatic heterocycles. The summed E-state index contributed by atoms with van der Waals surface area (Å²) in [5.74, 6) is -0.324. The Labute approximate surface area is 124 Å². The molecular formula is C15H17NO4S. The highest BCUT2D eigenvalue weighted by atomic mass is 32.2. The Morgan fingerprint density at radius 2 is 1.76 bits per heavy atom. The zero-order chi connectivity index (χ0) is 15.6. The normalized spacial score (nSPS) is 12.9. The number of fused-ring (bicyclic) bond motifs is 1. The van der Waals surface area contributed by atoms with Gasteiger partial charge in [0.2, 0.25) is 15.9 Å². The van der Waals surface area contributed by atoms with Crippen LogP contribution in [0.25, 0.3) is 10.8 Å². The molecule has 2 aromatic rings. The number of sulfonamides is 1. The number of amides is 1. The Kier molecular flexibility index (Phi) is 4.18. The summed E-state index contributed by atoms with van der Waals surface area (Å²) < 4.78 is 29.4. The lowest BCUT2D eigenvalue weighted by Crippen LogP contribution is -2.32. The standard InChI is InChI=1S/C15H17NO4S/c1-10(15(17)16-21(3,18)19)11-4-5-13-9-14(20-2)7-6-12(13)8-11/h4-10H,1-3H3,(H,16,17)/t10-/m0/s1. The Morgan fingerprint density at radius 3 is 2.38 bits per heavy atom. The lowest BCUT2D eigenvalue weighted by molar-refractivity contribution is -0.120. The molecule has 0 spiro atoms. The average molecular weight is 307 g/mol. The summed E-state index contributed by atoms with van der Waals surface area (Å²) in [4.78, 5) is 11.9. The number of rotatable bonds is 4. The van der Waals surface area contributed by atoms with Gasteiger partial charge in [-0.25, -0.2) is 8.42 Å². The number of hydrogen-bond acceptors (Lipinski definition) is 4. The van der Waals surface area contributed by atoms with E-state index >= 15 is 0 Å². The van der Waals surface area contributed by atoms with Crippen molar-refractivity contribution in [2.45, 2.75) is 12.8 Å². The summed E-state index contributed by atoms with van der Waals surface area (Å²) in [7, 11) is -1.94. The highest BCUT2D eigenvalue weighted by Crippen LogP contribution is 2.25. The van der Waals surface area contributed by atoms with Crippen molar-refractivity contribution in [2.75, 3.05) is 13.4 Å². The minimum atomic E-state index is -3.54. The molecule has 0 aliphatic rings. The van der Waals surface area contributed by atoms with Crippen molar-refractivity contribution < 1.29 is 17.9 Å². The van der Waals surface area contributed by atoms with Crippen LogP contribution >= 0.6 is 0 Å². The number of benzene rings is 2. The van der Waals surface area contributed by atoms with Gasteiger partial charge in [-0.2, -0.15) is 0 Å². The fourth-order valence-electron chi connectivity index (χ4n) is 2.06. The minimum Gasteiger partial charge on any atom is -0.497 e. The van der Waals surface area contributed by atoms with Crippen molar-refractivity contribution in [3.8, 4) is 5.75 Å². The van der Waals surface area contributed by atoms with Crippen LogP contribution in [0, 0.1) is 0 Å². The van der Waals surface area contributed by atoms with Gasteiger partial charge in [0, 0.05) is 0 Å². The summed E-state index contributed by atoms with van der Waals surface area (Å²) >= 11 is 0. The van der Waals surface area contributed by atoms with Gasteiger partial charge in [-0.15, -0.1) is 0 Å². The van der Waals surface area contributed by atoms with E-state index < -0.39 is 21.8 Å². The second kappa shape index (κ2) is 5.73. The monoisotopic (exact) mass is 307 g/mol. The van der Waals surface area contributed by atoms with E-state index in [4.69, 9.17) is 4.74 Å². The third kappa shape index (κ3) is 3.72. The predicted octanol–water partition coefficient (Wildman–Crippen LogP) is 2.03. The summed E-state index contributed by atoms with van der Waals surface area (Å²) in [6.45, 7) is 1.67. The van der Waals surface area contributed by atoms with Gasteiger partial charge in [-0.3, -0.25) is 9.52 Å². The van der Waals surface area contributed by atoms with Crippen LogP contribution in [0.4, 0.5) is 0 Å². The van der Waals surface area contributed by atoms with E-state index in [0.29, 0.717) is 0 Å². The number of ether oxygens (including phenoxy) is 1. The van der Waals surface area contributed by atoms with Gasteiger partial charge < -0.3 is 4.74 Å². The number of nitrogens with one attached hydrogen (secondary N) is 1. The Morgan fingerprint density at radius 1 is 1.14 bits per heavy atom. The summed E-state index contributed by atoms with van der Waals surface area (Å²) in [5, 5.41) is 1.96. The highest BCUT2D eigenvalue weighted by molar-refractivity contribution is 7.89. The van der Waals surface area contributed by atoms with Crippen LogP contribution in [0.1, 0.15) is 18.4 Å². The fourth-order valence-corrected chi connectivity index (χ4v) is 2.60. The molecule has 1 N–H and O–H groups in total. The molecule has 0 fully saturated rings. The van der Waals surface area contributed by atoms with Crippen LogP contribution in [-0.2, 0) is 14.8 Å². The van der Waals surface area contributed by atoms with Gasteiger partial charge in [0.1, 0.15) is 5.75 Å². The minimum absolute atomic E-state index is 0.537. The van der Waals surface area contributed by atoms with E-state index in [0.717, 1.165) is 28.3 Å². The maximum atomic E-state index is 11.9. The molecule has 0 saturated carbocycles. The molecular weight excluding hydrogens is 290 g/mol. The second-order valence-corrected chi connectivity index (χ2v) is 6.68. The predicted molar refractivity (Wildman–Crippen MR) is 81.9 cm³/mol. The second-order valence-electron chi connectivity index (χ2n) is 4.93. The molecule has 0 bridgehead atoms. The van der Waals surface area contributed by atoms with Crippen LogP contribution in [0.5, 0.6) is 5.75 Å². The first-order valence-corrected chi connectivity index (χ1v) is 8.28. The zero-order valence-electron chi connectivity index (χ0n) is 12.1. The van der Waals surface area contributed by atoms with Crippen LogP contribution in [-0.4, -0.2) is 27.7 Å². The molecule has 0 unspecified atom stereocenters. The van der Waals surface area contributed by atoms with Crippen LogP contribution < -0.4 is 9.46 Å². The lowest BCUT2D eigenvalue weighted by Gasteiger charge is -2.12. The van der Waals surface area contributed by atoms with Crippen molar-refractivity contribution >= 4 is 26.7 Å². The van der Waals surface area contributed by atoms with E-state index in [9.17, 15) is 13.2 Å². The van der Waals surface area contributed by atoms with Crippen molar-refractivity contribution in [1.82, 2.24) is 4.72 Å². The Balaban J connectivity index is 2.32. The molecule has 5 nitrogen and oxygen atoms in total. The van der Waals surface area contributed by atoms with E-state index in [2.05, 4.69) is 0 Å². The van der Waals surface area contributed by atoms with Crippen molar-refractivity contribution in [1.29, 1.82) is 0 Å². The molecule has 6 heteroatoms. The first-order valence-electron chi connectivity index (χ1n) is 6.39. The van der Waals surface area contributed by atoms with Crippen LogP contribution in [0.2, 0.25) is 0 Å². The Hall–Kier alpha value is -2.08. The first kappa shape index (κ1) is 15.3. The maximum Gasteiger partial charge on any atom is 0.240 e. The van der Waals surface area contributed by atoms with Gasteiger partial charge in [-0.1, -0.05) is 24.3 Å². The fraction of sp³-hybridized carbons (Fsp3) is 0.267. The smallest absolute Gasteiger partial charge is 0.240 e. The zero-order valence-corrected chi connectivity index (χ0v) is 12.9. The molecule has 0 radical (unpaired) electrons. The Bertz CT molecular complexity index is 783. The SMILES string of the molecule is COc1ccc2cc([C@H](C)C(=O)NS(C)(=O)=O)ccc2c1. The van der Waals surface area contributed by atoms with Gasteiger partial charge in [0.15, 0.2) is 0 Å². The van der Waals surface area contributed by atoms with Gasteiger partial charge in [0.05, 0.1) is 19.3 Å². The molecule has 112 valence electrons. The van der Waals surface area contributed by atoms with Crippen LogP contribution in [0.3, 0.4) is 0 Å². The average Bonchev–Trinajstić information content (AvgIpc) is 2.43. The molecule has 1 atom stereocenters. The van der Waals surface area contributed by atoms with E-state index in [1.165, 1.54) is 0 Å². The summed E-state index contributed by atoms with van der Waals surface area (Å²) in [6.07, 6.45) is 0.963. The van der Waals surface area contributed by atoms with E-state index in [1.807, 2.05) is 41.1 Å². The van der Waals surface area contributed by atoms with Gasteiger partial charge >= 0.3 is 0 Å². The molecule has 0 aliphatic carbocycles. The molecule has 2 rings (SSSR count). The van der Waals surface area contributed by atoms with Crippen LogP contribution in [0.15, 0.2) is 36.4 Å². The molecule has 0 heterocycles. The summed E-state index contributed by atoms with van der Waals surface area (Å²) in [5.41, 5.74) is 0.758. The third-order valence-electron chi connectivity index (χ3n) is 3.25. The van der Waals surface area contributed by atoms with Crippen molar-refractivity contribution in [2.24, 2.45) is 0 Å². The number of hydrogen-bond donors (Lipinski definition) is 1. The van der Waals surface area contributed by atoms with Crippen molar-refractivity contribution in [3.05, 3.63) is 42.0 Å². The topological polar surface area (TPSA) is 72.5 Å². The first-order chi connectivity index (χ1) is 9.80. The maximum absolute atomic E-state index is 11.9. The van der Waals surface area contributed by atoms with Crippen molar-refractivity contribution in [3.63, 3.8) is 0 Å².